The highest BCUT2D eigenvalue weighted by molar-refractivity contribution is 6.05. The fourth-order valence-corrected chi connectivity index (χ4v) is 4.35. The molecule has 4 heterocycles. The number of alkyl halides is 3. The van der Waals surface area contributed by atoms with Crippen molar-refractivity contribution >= 4 is 28.4 Å². The minimum atomic E-state index is -4.49. The van der Waals surface area contributed by atoms with Crippen molar-refractivity contribution in [2.24, 2.45) is 0 Å². The van der Waals surface area contributed by atoms with Gasteiger partial charge in [0.1, 0.15) is 17.0 Å². The summed E-state index contributed by atoms with van der Waals surface area (Å²) in [5, 5.41) is 13.4. The summed E-state index contributed by atoms with van der Waals surface area (Å²) in [7, 11) is 0. The first-order valence-corrected chi connectivity index (χ1v) is 10.7. The molecule has 4 aromatic rings. The normalized spacial score (nSPS) is 19.2. The lowest BCUT2D eigenvalue weighted by Crippen LogP contribution is -2.40. The quantitative estimate of drug-likeness (QED) is 0.429. The number of amides is 1. The molecule has 0 spiro atoms. The third kappa shape index (κ3) is 4.10. The van der Waals surface area contributed by atoms with Crippen LogP contribution in [0.25, 0.3) is 16.7 Å². The van der Waals surface area contributed by atoms with E-state index < -0.39 is 11.9 Å². The first-order valence-electron chi connectivity index (χ1n) is 10.7. The van der Waals surface area contributed by atoms with Crippen molar-refractivity contribution in [2.45, 2.75) is 50.9 Å². The summed E-state index contributed by atoms with van der Waals surface area (Å²) in [6.07, 6.45) is 1.18. The third-order valence-corrected chi connectivity index (χ3v) is 6.07. The molecule has 33 heavy (non-hydrogen) atoms. The topological polar surface area (TPSA) is 100 Å². The van der Waals surface area contributed by atoms with Crippen molar-refractivity contribution in [1.29, 1.82) is 0 Å². The van der Waals surface area contributed by atoms with Crippen LogP contribution in [0.5, 0.6) is 0 Å². The average Bonchev–Trinajstić information content (AvgIpc) is 3.40. The molecule has 5 rings (SSSR count). The Balaban J connectivity index is 1.23. The average molecular weight is 457 g/mol. The fraction of sp³-hybridized carbons (Fsp3) is 0.364. The molecular formula is C22H22F3N7O. The first kappa shape index (κ1) is 21.2. The maximum Gasteiger partial charge on any atom is 0.434 e. The van der Waals surface area contributed by atoms with Crippen LogP contribution in [-0.2, 0) is 6.18 Å². The lowest BCUT2D eigenvalue weighted by atomic mass is 9.91. The van der Waals surface area contributed by atoms with Gasteiger partial charge in [-0.05, 0) is 50.8 Å². The van der Waals surface area contributed by atoms with Crippen LogP contribution < -0.4 is 10.6 Å². The van der Waals surface area contributed by atoms with Gasteiger partial charge in [-0.25, -0.2) is 4.98 Å². The summed E-state index contributed by atoms with van der Waals surface area (Å²) >= 11 is 0. The fourth-order valence-electron chi connectivity index (χ4n) is 4.35. The van der Waals surface area contributed by atoms with Gasteiger partial charge in [0.05, 0.1) is 16.8 Å². The van der Waals surface area contributed by atoms with E-state index in [0.717, 1.165) is 37.6 Å². The summed E-state index contributed by atoms with van der Waals surface area (Å²) in [6, 6.07) is 6.74. The van der Waals surface area contributed by atoms with Gasteiger partial charge < -0.3 is 10.6 Å². The van der Waals surface area contributed by atoms with Crippen LogP contribution in [-0.4, -0.2) is 42.6 Å². The van der Waals surface area contributed by atoms with E-state index in [1.165, 1.54) is 4.40 Å². The highest BCUT2D eigenvalue weighted by Crippen LogP contribution is 2.30. The molecule has 1 aliphatic rings. The van der Waals surface area contributed by atoms with E-state index in [9.17, 15) is 18.0 Å². The molecule has 1 amide bonds. The maximum atomic E-state index is 13.0. The molecule has 0 atom stereocenters. The highest BCUT2D eigenvalue weighted by Gasteiger charge is 2.34. The van der Waals surface area contributed by atoms with Crippen molar-refractivity contribution in [3.05, 3.63) is 53.6 Å². The van der Waals surface area contributed by atoms with Crippen LogP contribution in [0.2, 0.25) is 0 Å². The van der Waals surface area contributed by atoms with E-state index in [4.69, 9.17) is 0 Å². The van der Waals surface area contributed by atoms with Crippen LogP contribution in [0.15, 0.2) is 36.7 Å². The Bertz CT molecular complexity index is 1320. The summed E-state index contributed by atoms with van der Waals surface area (Å²) in [4.78, 5) is 20.8. The number of fused-ring (bicyclic) bond motifs is 2. The number of nitrogens with zero attached hydrogens (tertiary/aromatic N) is 4. The lowest BCUT2D eigenvalue weighted by molar-refractivity contribution is -0.140. The van der Waals surface area contributed by atoms with Crippen LogP contribution in [0.1, 0.15) is 47.4 Å². The minimum Gasteiger partial charge on any atom is -0.368 e. The summed E-state index contributed by atoms with van der Waals surface area (Å²) in [5.41, 5.74) is 1.87. The largest absolute Gasteiger partial charge is 0.434 e. The van der Waals surface area contributed by atoms with E-state index in [1.807, 2.05) is 6.92 Å². The highest BCUT2D eigenvalue weighted by atomic mass is 19.4. The van der Waals surface area contributed by atoms with E-state index in [0.29, 0.717) is 22.4 Å². The number of aromatic amines is 1. The number of imidazole rings is 1. The number of pyridine rings is 2. The summed E-state index contributed by atoms with van der Waals surface area (Å²) < 4.78 is 40.5. The smallest absolute Gasteiger partial charge is 0.368 e. The Labute approximate surface area is 186 Å². The predicted octanol–water partition coefficient (Wildman–Crippen LogP) is 4.09. The molecule has 1 aliphatic carbocycles. The molecule has 0 aliphatic heterocycles. The molecular weight excluding hydrogens is 435 g/mol. The van der Waals surface area contributed by atoms with E-state index in [1.54, 1.807) is 30.5 Å². The Morgan fingerprint density at radius 3 is 2.67 bits per heavy atom. The van der Waals surface area contributed by atoms with Crippen LogP contribution in [0.4, 0.5) is 19.0 Å². The van der Waals surface area contributed by atoms with Gasteiger partial charge in [0.2, 0.25) is 0 Å². The predicted molar refractivity (Wildman–Crippen MR) is 116 cm³/mol. The molecule has 0 unspecified atom stereocenters. The Morgan fingerprint density at radius 2 is 1.91 bits per heavy atom. The van der Waals surface area contributed by atoms with E-state index >= 15 is 0 Å². The zero-order valence-corrected chi connectivity index (χ0v) is 17.8. The third-order valence-electron chi connectivity index (χ3n) is 6.07. The second kappa shape index (κ2) is 8.05. The Hall–Kier alpha value is -3.63. The molecule has 11 heteroatoms. The number of aryl methyl sites for hydroxylation is 1. The molecule has 4 aromatic heterocycles. The molecule has 1 saturated carbocycles. The molecule has 0 bridgehead atoms. The van der Waals surface area contributed by atoms with Gasteiger partial charge in [0, 0.05) is 24.5 Å². The molecule has 172 valence electrons. The number of carbonyl (C=O) groups excluding carboxylic acids is 1. The number of rotatable bonds is 4. The second-order valence-corrected chi connectivity index (χ2v) is 8.32. The SMILES string of the molecule is Cc1n[nH]c2c(C(=O)N[C@H]3CC[C@@H](Nc4cccc5nc(C(F)(F)F)cn45)CC3)ccnc12. The molecule has 0 saturated heterocycles. The van der Waals surface area contributed by atoms with Gasteiger partial charge in [-0.15, -0.1) is 0 Å². The number of carbonyl (C=O) groups is 1. The van der Waals surface area contributed by atoms with Crippen molar-refractivity contribution in [1.82, 2.24) is 29.9 Å². The van der Waals surface area contributed by atoms with Gasteiger partial charge in [0.15, 0.2) is 5.69 Å². The Kier molecular flexibility index (Phi) is 5.18. The number of H-pyrrole nitrogens is 1. The van der Waals surface area contributed by atoms with Crippen molar-refractivity contribution in [3.8, 4) is 0 Å². The van der Waals surface area contributed by atoms with Crippen molar-refractivity contribution in [2.75, 3.05) is 5.32 Å². The molecule has 0 aromatic carbocycles. The summed E-state index contributed by atoms with van der Waals surface area (Å²) in [5.74, 6) is 0.391. The van der Waals surface area contributed by atoms with Gasteiger partial charge in [-0.3, -0.25) is 19.3 Å². The van der Waals surface area contributed by atoms with Gasteiger partial charge in [-0.2, -0.15) is 18.3 Å². The van der Waals surface area contributed by atoms with Gasteiger partial charge in [0.25, 0.3) is 5.91 Å². The lowest BCUT2D eigenvalue weighted by Gasteiger charge is -2.30. The molecule has 8 nitrogen and oxygen atoms in total. The van der Waals surface area contributed by atoms with Gasteiger partial charge >= 0.3 is 6.18 Å². The van der Waals surface area contributed by atoms with Crippen molar-refractivity contribution in [3.63, 3.8) is 0 Å². The van der Waals surface area contributed by atoms with Crippen molar-refractivity contribution < 1.29 is 18.0 Å². The number of hydrogen-bond donors (Lipinski definition) is 3. The molecule has 0 radical (unpaired) electrons. The molecule has 1 fully saturated rings. The number of nitrogens with one attached hydrogen (secondary N) is 3. The first-order chi connectivity index (χ1) is 15.8. The standard InChI is InChI=1S/C22H22F3N7O/c1-12-19-20(31-30-12)15(9-10-26-19)21(33)28-14-7-5-13(6-8-14)27-17-3-2-4-18-29-16(11-32(17)18)22(23,24)25/h2-4,9-11,13-14,27H,5-8H2,1H3,(H,28,33)(H,30,31)/t13-,14+. The number of aromatic nitrogens is 5. The van der Waals surface area contributed by atoms with Crippen LogP contribution >= 0.6 is 0 Å². The van der Waals surface area contributed by atoms with Crippen LogP contribution in [0.3, 0.4) is 0 Å². The summed E-state index contributed by atoms with van der Waals surface area (Å²) in [6.45, 7) is 1.83. The Morgan fingerprint density at radius 1 is 1.15 bits per heavy atom. The minimum absolute atomic E-state index is 0.0173. The zero-order chi connectivity index (χ0) is 23.2. The number of anilines is 1. The van der Waals surface area contributed by atoms with Crippen LogP contribution in [0, 0.1) is 6.92 Å². The maximum absolute atomic E-state index is 13.0. The number of halogens is 3. The number of hydrogen-bond acceptors (Lipinski definition) is 5. The van der Waals surface area contributed by atoms with E-state index in [-0.39, 0.29) is 23.6 Å². The molecule has 3 N–H and O–H groups in total. The monoisotopic (exact) mass is 457 g/mol. The second-order valence-electron chi connectivity index (χ2n) is 8.32. The van der Waals surface area contributed by atoms with E-state index in [2.05, 4.69) is 30.8 Å². The van der Waals surface area contributed by atoms with Gasteiger partial charge in [-0.1, -0.05) is 6.07 Å². The zero-order valence-electron chi connectivity index (χ0n) is 17.8.